The quantitative estimate of drug-likeness (QED) is 0.781. The van der Waals surface area contributed by atoms with Crippen molar-refractivity contribution in [3.05, 3.63) is 16.3 Å². The molecule has 0 saturated heterocycles. The van der Waals surface area contributed by atoms with Gasteiger partial charge in [0.05, 0.1) is 11.9 Å². The predicted octanol–water partition coefficient (Wildman–Crippen LogP) is 2.05. The van der Waals surface area contributed by atoms with Gasteiger partial charge in [0.15, 0.2) is 0 Å². The smallest absolute Gasteiger partial charge is 0.346 e. The van der Waals surface area contributed by atoms with Crippen molar-refractivity contribution >= 4 is 33.3 Å². The Kier molecular flexibility index (Phi) is 4.06. The Morgan fingerprint density at radius 1 is 1.38 bits per heavy atom. The zero-order chi connectivity index (χ0) is 15.8. The van der Waals surface area contributed by atoms with Crippen LogP contribution in [0.4, 0.5) is 14.6 Å². The van der Waals surface area contributed by atoms with Crippen molar-refractivity contribution in [2.75, 3.05) is 18.5 Å². The van der Waals surface area contributed by atoms with Gasteiger partial charge in [-0.05, 0) is 19.4 Å². The first-order valence-electron chi connectivity index (χ1n) is 5.99. The molecule has 21 heavy (non-hydrogen) atoms. The normalized spacial score (nSPS) is 11.9. The maximum atomic E-state index is 13.1. The van der Waals surface area contributed by atoms with Gasteiger partial charge < -0.3 is 15.5 Å². The van der Waals surface area contributed by atoms with Crippen molar-refractivity contribution in [2.45, 2.75) is 19.8 Å². The lowest BCUT2D eigenvalue weighted by atomic mass is 10.2. The number of halogens is 2. The van der Waals surface area contributed by atoms with Gasteiger partial charge in [0.1, 0.15) is 28.0 Å². The van der Waals surface area contributed by atoms with E-state index in [1.54, 1.807) is 13.8 Å². The molecule has 0 aliphatic rings. The summed E-state index contributed by atoms with van der Waals surface area (Å²) in [6.07, 6.45) is 0. The fourth-order valence-corrected chi connectivity index (χ4v) is 2.91. The van der Waals surface area contributed by atoms with E-state index < -0.39 is 25.0 Å². The van der Waals surface area contributed by atoms with Crippen LogP contribution < -0.4 is 5.32 Å². The number of rotatable bonds is 5. The summed E-state index contributed by atoms with van der Waals surface area (Å²) in [5.41, 5.74) is 0.428. The van der Waals surface area contributed by atoms with Crippen molar-refractivity contribution < 1.29 is 23.8 Å². The number of carboxylic acids is 1. The van der Waals surface area contributed by atoms with E-state index >= 15 is 0 Å². The van der Waals surface area contributed by atoms with Crippen LogP contribution in [0, 0.1) is 13.8 Å². The molecule has 0 unspecified atom stereocenters. The maximum absolute atomic E-state index is 13.1. The third-order valence-corrected chi connectivity index (χ3v) is 4.02. The number of anilines is 1. The lowest BCUT2D eigenvalue weighted by Crippen LogP contribution is -2.31. The number of thiophene rings is 1. The Balaban J connectivity index is 2.50. The highest BCUT2D eigenvalue weighted by Gasteiger charge is 2.28. The zero-order valence-corrected chi connectivity index (χ0v) is 12.1. The van der Waals surface area contributed by atoms with Gasteiger partial charge in [-0.1, -0.05) is 0 Å². The molecule has 9 heteroatoms. The Labute approximate surface area is 122 Å². The summed E-state index contributed by atoms with van der Waals surface area (Å²) in [7, 11) is 0. The summed E-state index contributed by atoms with van der Waals surface area (Å²) >= 11 is 0.972. The molecule has 0 radical (unpaired) electrons. The lowest BCUT2D eigenvalue weighted by Gasteiger charge is -2.15. The SMILES string of the molecule is Cc1nc(NCC(F)(F)CO)c2c(C)c(C(=O)O)sc2n1. The highest BCUT2D eigenvalue weighted by Crippen LogP contribution is 2.34. The van der Waals surface area contributed by atoms with E-state index in [9.17, 15) is 13.6 Å². The fraction of sp³-hybridized carbons (Fsp3) is 0.417. The second kappa shape index (κ2) is 5.49. The fourth-order valence-electron chi connectivity index (χ4n) is 1.85. The number of hydrogen-bond donors (Lipinski definition) is 3. The van der Waals surface area contributed by atoms with Crippen molar-refractivity contribution in [1.29, 1.82) is 0 Å². The largest absolute Gasteiger partial charge is 0.477 e. The number of hydrogen-bond acceptors (Lipinski definition) is 6. The number of aliphatic hydroxyl groups excluding tert-OH is 1. The zero-order valence-electron chi connectivity index (χ0n) is 11.3. The standard InChI is InChI=1S/C12H13F2N3O3S/c1-5-7-9(15-3-12(13,14)4-18)16-6(2)17-10(7)21-8(5)11(19)20/h18H,3-4H2,1-2H3,(H,19,20)(H,15,16,17). The van der Waals surface area contributed by atoms with Gasteiger partial charge in [-0.3, -0.25) is 0 Å². The molecule has 114 valence electrons. The average molecular weight is 317 g/mol. The minimum atomic E-state index is -3.29. The van der Waals surface area contributed by atoms with Crippen molar-refractivity contribution in [3.63, 3.8) is 0 Å². The van der Waals surface area contributed by atoms with Crippen molar-refractivity contribution in [1.82, 2.24) is 9.97 Å². The molecular weight excluding hydrogens is 304 g/mol. The van der Waals surface area contributed by atoms with E-state index in [1.165, 1.54) is 0 Å². The molecule has 0 aromatic carbocycles. The number of alkyl halides is 2. The molecular formula is C12H13F2N3O3S. The number of fused-ring (bicyclic) bond motifs is 1. The summed E-state index contributed by atoms with van der Waals surface area (Å²) in [5.74, 6) is -3.90. The minimum Gasteiger partial charge on any atom is -0.477 e. The molecule has 0 spiro atoms. The van der Waals surface area contributed by atoms with Crippen LogP contribution >= 0.6 is 11.3 Å². The minimum absolute atomic E-state index is 0.0990. The molecule has 2 heterocycles. The number of carbonyl (C=O) groups is 1. The van der Waals surface area contributed by atoms with Crippen LogP contribution in [-0.4, -0.2) is 45.2 Å². The number of aryl methyl sites for hydroxylation is 2. The van der Waals surface area contributed by atoms with Gasteiger partial charge in [0, 0.05) is 0 Å². The number of aromatic nitrogens is 2. The van der Waals surface area contributed by atoms with Gasteiger partial charge >= 0.3 is 5.97 Å². The Morgan fingerprint density at radius 3 is 2.62 bits per heavy atom. The number of nitrogens with one attached hydrogen (secondary N) is 1. The van der Waals surface area contributed by atoms with E-state index in [1.807, 2.05) is 0 Å². The monoisotopic (exact) mass is 317 g/mol. The van der Waals surface area contributed by atoms with Crippen LogP contribution in [-0.2, 0) is 0 Å². The second-order valence-corrected chi connectivity index (χ2v) is 5.53. The van der Waals surface area contributed by atoms with Crippen LogP contribution in [0.15, 0.2) is 0 Å². The summed E-state index contributed by atoms with van der Waals surface area (Å²) < 4.78 is 26.3. The predicted molar refractivity (Wildman–Crippen MR) is 74.4 cm³/mol. The summed E-state index contributed by atoms with van der Waals surface area (Å²) in [4.78, 5) is 19.8. The molecule has 0 saturated carbocycles. The molecule has 0 aliphatic heterocycles. The van der Waals surface area contributed by atoms with Crippen LogP contribution in [0.2, 0.25) is 0 Å². The van der Waals surface area contributed by atoms with E-state index in [0.29, 0.717) is 21.6 Å². The van der Waals surface area contributed by atoms with Gasteiger partial charge in [-0.2, -0.15) is 0 Å². The third-order valence-electron chi connectivity index (χ3n) is 2.84. The number of carboxylic acid groups (broad SMARTS) is 1. The highest BCUT2D eigenvalue weighted by atomic mass is 32.1. The first kappa shape index (κ1) is 15.5. The van der Waals surface area contributed by atoms with Crippen LogP contribution in [0.25, 0.3) is 10.2 Å². The van der Waals surface area contributed by atoms with Gasteiger partial charge in [-0.25, -0.2) is 23.5 Å². The average Bonchev–Trinajstić information content (AvgIpc) is 2.73. The molecule has 0 fully saturated rings. The molecule has 6 nitrogen and oxygen atoms in total. The number of nitrogens with zero attached hydrogens (tertiary/aromatic N) is 2. The second-order valence-electron chi connectivity index (χ2n) is 4.53. The summed E-state index contributed by atoms with van der Waals surface area (Å²) in [6, 6.07) is 0. The van der Waals surface area contributed by atoms with E-state index in [0.717, 1.165) is 11.3 Å². The van der Waals surface area contributed by atoms with Gasteiger partial charge in [0.25, 0.3) is 5.92 Å². The Hall–Kier alpha value is -1.87. The van der Waals surface area contributed by atoms with Crippen LogP contribution in [0.1, 0.15) is 21.1 Å². The molecule has 0 amide bonds. The summed E-state index contributed by atoms with van der Waals surface area (Å²) in [5, 5.41) is 20.6. The van der Waals surface area contributed by atoms with Crippen molar-refractivity contribution in [2.24, 2.45) is 0 Å². The molecule has 0 bridgehead atoms. The highest BCUT2D eigenvalue weighted by molar-refractivity contribution is 7.20. The summed E-state index contributed by atoms with van der Waals surface area (Å²) in [6.45, 7) is 1.09. The Morgan fingerprint density at radius 2 is 2.05 bits per heavy atom. The first-order valence-corrected chi connectivity index (χ1v) is 6.80. The van der Waals surface area contributed by atoms with Crippen LogP contribution in [0.5, 0.6) is 0 Å². The lowest BCUT2D eigenvalue weighted by molar-refractivity contribution is -0.0373. The first-order chi connectivity index (χ1) is 9.75. The van der Waals surface area contributed by atoms with Gasteiger partial charge in [0.2, 0.25) is 0 Å². The topological polar surface area (TPSA) is 95.3 Å². The maximum Gasteiger partial charge on any atom is 0.346 e. The van der Waals surface area contributed by atoms with E-state index in [2.05, 4.69) is 15.3 Å². The van der Waals surface area contributed by atoms with Crippen molar-refractivity contribution in [3.8, 4) is 0 Å². The van der Waals surface area contributed by atoms with E-state index in [4.69, 9.17) is 10.2 Å². The number of aliphatic hydroxyl groups is 1. The third kappa shape index (κ3) is 3.08. The molecule has 2 aromatic rings. The molecule has 3 N–H and O–H groups in total. The molecule has 2 rings (SSSR count). The van der Waals surface area contributed by atoms with Crippen LogP contribution in [0.3, 0.4) is 0 Å². The molecule has 0 atom stereocenters. The van der Waals surface area contributed by atoms with E-state index in [-0.39, 0.29) is 10.7 Å². The molecule has 0 aliphatic carbocycles. The molecule has 2 aromatic heterocycles. The van der Waals surface area contributed by atoms with Gasteiger partial charge in [-0.15, -0.1) is 11.3 Å². The number of aromatic carboxylic acids is 1. The Bertz CT molecular complexity index is 703.